The Morgan fingerprint density at radius 2 is 1.85 bits per heavy atom. The number of anilines is 2. The molecule has 0 aliphatic carbocycles. The first-order valence-corrected chi connectivity index (χ1v) is 17.9. The van der Waals surface area contributed by atoms with E-state index in [1.165, 1.54) is 16.9 Å². The van der Waals surface area contributed by atoms with E-state index in [-0.39, 0.29) is 17.7 Å². The molecule has 5 aromatic rings. The van der Waals surface area contributed by atoms with Crippen LogP contribution in [-0.4, -0.2) is 55.6 Å². The van der Waals surface area contributed by atoms with Crippen LogP contribution >= 0.6 is 39.2 Å². The van der Waals surface area contributed by atoms with Gasteiger partial charge in [-0.25, -0.2) is 4.79 Å². The third-order valence-electron chi connectivity index (χ3n) is 8.22. The molecule has 6 rings (SSSR count). The fourth-order valence-electron chi connectivity index (χ4n) is 5.87. The molecule has 0 spiro atoms. The lowest BCUT2D eigenvalue weighted by Gasteiger charge is -2.42. The second-order valence-electron chi connectivity index (χ2n) is 11.2. The molecular formula is C36H36BrN3O4S2. The van der Waals surface area contributed by atoms with Gasteiger partial charge < -0.3 is 23.3 Å². The van der Waals surface area contributed by atoms with Gasteiger partial charge >= 0.3 is 5.97 Å². The van der Waals surface area contributed by atoms with Crippen LogP contribution < -0.4 is 9.21 Å². The number of benzene rings is 3. The fourth-order valence-corrected chi connectivity index (χ4v) is 8.37. The molecule has 2 aromatic heterocycles. The molecule has 0 radical (unpaired) electrons. The zero-order chi connectivity index (χ0) is 32.2. The van der Waals surface area contributed by atoms with Crippen molar-refractivity contribution in [3.8, 4) is 0 Å². The number of esters is 1. The number of carbonyl (C=O) groups is 2. The zero-order valence-electron chi connectivity index (χ0n) is 26.1. The van der Waals surface area contributed by atoms with Crippen molar-refractivity contribution < 1.29 is 18.7 Å². The molecule has 1 aliphatic heterocycles. The van der Waals surface area contributed by atoms with Gasteiger partial charge in [0.25, 0.3) is 5.91 Å². The number of ether oxygens (including phenoxy) is 1. The maximum Gasteiger partial charge on any atom is 0.374 e. The molecule has 238 valence electrons. The number of thiophene rings is 1. The monoisotopic (exact) mass is 717 g/mol. The summed E-state index contributed by atoms with van der Waals surface area (Å²) in [6.45, 7) is 8.99. The van der Waals surface area contributed by atoms with Crippen molar-refractivity contribution in [2.24, 2.45) is 0 Å². The van der Waals surface area contributed by atoms with Crippen LogP contribution in [0.3, 0.4) is 0 Å². The third-order valence-corrected chi connectivity index (χ3v) is 11.1. The number of hydrogen-bond acceptors (Lipinski definition) is 8. The molecule has 3 aromatic carbocycles. The van der Waals surface area contributed by atoms with E-state index in [1.807, 2.05) is 41.5 Å². The van der Waals surface area contributed by atoms with Gasteiger partial charge in [-0.15, -0.1) is 11.3 Å². The van der Waals surface area contributed by atoms with Crippen molar-refractivity contribution >= 4 is 73.4 Å². The van der Waals surface area contributed by atoms with Gasteiger partial charge in [-0.2, -0.15) is 0 Å². The van der Waals surface area contributed by atoms with Crippen LogP contribution in [0.25, 0.3) is 11.0 Å². The Labute approximate surface area is 286 Å². The van der Waals surface area contributed by atoms with Crippen LogP contribution in [-0.2, 0) is 11.2 Å². The molecule has 1 fully saturated rings. The second-order valence-corrected chi connectivity index (χ2v) is 14.1. The van der Waals surface area contributed by atoms with E-state index in [4.69, 9.17) is 9.15 Å². The van der Waals surface area contributed by atoms with E-state index < -0.39 is 5.97 Å². The first-order valence-electron chi connectivity index (χ1n) is 15.4. The summed E-state index contributed by atoms with van der Waals surface area (Å²) in [6, 6.07) is 27.2. The van der Waals surface area contributed by atoms with Gasteiger partial charge in [0, 0.05) is 52.5 Å². The molecule has 0 bridgehead atoms. The van der Waals surface area contributed by atoms with Crippen molar-refractivity contribution in [3.05, 3.63) is 110 Å². The van der Waals surface area contributed by atoms with Crippen LogP contribution in [0.4, 0.5) is 11.4 Å². The van der Waals surface area contributed by atoms with Gasteiger partial charge in [0.15, 0.2) is 0 Å². The number of halogens is 1. The third kappa shape index (κ3) is 6.84. The topological polar surface area (TPSA) is 66.2 Å². The number of carbonyl (C=O) groups excluding carboxylic acids is 2. The molecule has 1 saturated heterocycles. The first kappa shape index (κ1) is 32.2. The quantitative estimate of drug-likeness (QED) is 0.106. The SMILES string of the molecule is CCOC(=O)c1oc2ccc(SN(CCc3ccccc3)c3ccccc3N3CCN(C(=O)c4sccc4Br)CC3C)cc2c1C. The molecule has 1 atom stereocenters. The summed E-state index contributed by atoms with van der Waals surface area (Å²) in [5.74, 6) is -0.108. The average Bonchev–Trinajstić information content (AvgIpc) is 3.65. The Hall–Kier alpha value is -3.73. The standard InChI is InChI=1S/C36H36BrN3O4S2/c1-4-43-36(42)33-25(3)28-22-27(14-15-32(28)44-33)46-40(18-16-26-10-6-5-7-11-26)31-13-9-8-12-30(31)39-20-19-38(23-24(39)2)35(41)34-29(37)17-21-45-34/h5-15,17,21-22,24H,4,16,18-20,23H2,1-3H3. The Balaban J connectivity index is 1.29. The molecule has 10 heteroatoms. The summed E-state index contributed by atoms with van der Waals surface area (Å²) >= 11 is 6.69. The summed E-state index contributed by atoms with van der Waals surface area (Å²) in [7, 11) is 0. The summed E-state index contributed by atoms with van der Waals surface area (Å²) in [5, 5.41) is 2.84. The number of amides is 1. The predicted octanol–water partition coefficient (Wildman–Crippen LogP) is 8.85. The van der Waals surface area contributed by atoms with E-state index in [2.05, 4.69) is 86.7 Å². The van der Waals surface area contributed by atoms with E-state index in [9.17, 15) is 9.59 Å². The lowest BCUT2D eigenvalue weighted by Crippen LogP contribution is -2.54. The minimum Gasteiger partial charge on any atom is -0.460 e. The fraction of sp³-hybridized carbons (Fsp3) is 0.278. The lowest BCUT2D eigenvalue weighted by molar-refractivity contribution is 0.0491. The lowest BCUT2D eigenvalue weighted by atomic mass is 10.1. The predicted molar refractivity (Wildman–Crippen MR) is 191 cm³/mol. The maximum atomic E-state index is 13.3. The van der Waals surface area contributed by atoms with Crippen molar-refractivity contribution in [2.45, 2.75) is 38.1 Å². The van der Waals surface area contributed by atoms with Gasteiger partial charge in [0.1, 0.15) is 10.5 Å². The summed E-state index contributed by atoms with van der Waals surface area (Å²) in [6.07, 6.45) is 0.871. The Bertz CT molecular complexity index is 1840. The molecule has 0 saturated carbocycles. The average molecular weight is 719 g/mol. The van der Waals surface area contributed by atoms with E-state index in [0.717, 1.165) is 56.1 Å². The van der Waals surface area contributed by atoms with Crippen molar-refractivity contribution in [1.82, 2.24) is 4.90 Å². The van der Waals surface area contributed by atoms with Gasteiger partial charge in [0.2, 0.25) is 5.76 Å². The van der Waals surface area contributed by atoms with Crippen LogP contribution in [0.1, 0.15) is 45.2 Å². The Morgan fingerprint density at radius 3 is 2.59 bits per heavy atom. The molecule has 3 heterocycles. The van der Waals surface area contributed by atoms with Gasteiger partial charge in [-0.3, -0.25) is 4.79 Å². The highest BCUT2D eigenvalue weighted by atomic mass is 79.9. The van der Waals surface area contributed by atoms with E-state index >= 15 is 0 Å². The highest BCUT2D eigenvalue weighted by molar-refractivity contribution is 9.10. The van der Waals surface area contributed by atoms with Gasteiger partial charge in [0.05, 0.1) is 18.0 Å². The van der Waals surface area contributed by atoms with Gasteiger partial charge in [-0.05, 0) is 102 Å². The van der Waals surface area contributed by atoms with E-state index in [1.54, 1.807) is 18.9 Å². The smallest absolute Gasteiger partial charge is 0.374 e. The van der Waals surface area contributed by atoms with Crippen molar-refractivity contribution in [2.75, 3.05) is 42.0 Å². The first-order chi connectivity index (χ1) is 22.3. The molecular weight excluding hydrogens is 682 g/mol. The number of nitrogens with zero attached hydrogens (tertiary/aromatic N) is 3. The summed E-state index contributed by atoms with van der Waals surface area (Å²) < 4.78 is 14.3. The number of rotatable bonds is 10. The Kier molecular flexibility index (Phi) is 10.1. The van der Waals surface area contributed by atoms with Crippen molar-refractivity contribution in [3.63, 3.8) is 0 Å². The molecule has 0 N–H and O–H groups in total. The van der Waals surface area contributed by atoms with Gasteiger partial charge in [-0.1, -0.05) is 42.5 Å². The number of aryl methyl sites for hydroxylation is 1. The molecule has 1 amide bonds. The summed E-state index contributed by atoms with van der Waals surface area (Å²) in [5.41, 5.74) is 4.98. The molecule has 1 aliphatic rings. The van der Waals surface area contributed by atoms with Crippen LogP contribution in [0.2, 0.25) is 0 Å². The summed E-state index contributed by atoms with van der Waals surface area (Å²) in [4.78, 5) is 32.0. The van der Waals surface area contributed by atoms with Crippen LogP contribution in [0.5, 0.6) is 0 Å². The van der Waals surface area contributed by atoms with Crippen molar-refractivity contribution in [1.29, 1.82) is 0 Å². The second kappa shape index (κ2) is 14.4. The number of hydrogen-bond donors (Lipinski definition) is 0. The minimum absolute atomic E-state index is 0.0812. The van der Waals surface area contributed by atoms with E-state index in [0.29, 0.717) is 25.3 Å². The van der Waals surface area contributed by atoms with Crippen LogP contribution in [0.15, 0.2) is 98.0 Å². The number of fused-ring (bicyclic) bond motifs is 1. The number of piperazine rings is 1. The maximum absolute atomic E-state index is 13.3. The molecule has 7 nitrogen and oxygen atoms in total. The minimum atomic E-state index is -0.442. The Morgan fingerprint density at radius 1 is 1.07 bits per heavy atom. The largest absolute Gasteiger partial charge is 0.460 e. The van der Waals surface area contributed by atoms with Crippen LogP contribution in [0, 0.1) is 6.92 Å². The highest BCUT2D eigenvalue weighted by Crippen LogP contribution is 2.39. The number of para-hydroxylation sites is 2. The zero-order valence-corrected chi connectivity index (χ0v) is 29.3. The molecule has 1 unspecified atom stereocenters. The number of furan rings is 1. The normalized spacial score (nSPS) is 14.9. The molecule has 46 heavy (non-hydrogen) atoms. The highest BCUT2D eigenvalue weighted by Gasteiger charge is 2.31.